The Morgan fingerprint density at radius 3 is 2.55 bits per heavy atom. The summed E-state index contributed by atoms with van der Waals surface area (Å²) in [5.41, 5.74) is 6.85. The van der Waals surface area contributed by atoms with Crippen LogP contribution in [0.4, 0.5) is 0 Å². The van der Waals surface area contributed by atoms with Crippen LogP contribution in [0.25, 0.3) is 0 Å². The van der Waals surface area contributed by atoms with Crippen molar-refractivity contribution in [3.63, 3.8) is 0 Å². The first kappa shape index (κ1) is 17.1. The molecule has 0 heterocycles. The van der Waals surface area contributed by atoms with Crippen molar-refractivity contribution in [2.75, 3.05) is 13.6 Å². The van der Waals surface area contributed by atoms with Crippen LogP contribution in [0.2, 0.25) is 0 Å². The zero-order valence-electron chi connectivity index (χ0n) is 12.2. The highest BCUT2D eigenvalue weighted by Gasteiger charge is 2.22. The third-order valence-corrected chi connectivity index (χ3v) is 5.47. The Hall–Kier alpha value is -0.980. The lowest BCUT2D eigenvalue weighted by Gasteiger charge is -2.19. The van der Waals surface area contributed by atoms with Crippen LogP contribution in [0, 0.1) is 6.92 Å². The maximum Gasteiger partial charge on any atom is 0.243 e. The Bertz CT molecular complexity index is 583. The Balaban J connectivity index is 3.08. The van der Waals surface area contributed by atoms with Crippen molar-refractivity contribution in [3.05, 3.63) is 29.3 Å². The predicted molar refractivity (Wildman–Crippen MR) is 86.4 cm³/mol. The number of aryl methyl sites for hydroxylation is 1. The van der Waals surface area contributed by atoms with Crippen molar-refractivity contribution in [2.45, 2.75) is 38.0 Å². The van der Waals surface area contributed by atoms with E-state index in [4.69, 9.17) is 18.0 Å². The van der Waals surface area contributed by atoms with Crippen molar-refractivity contribution in [3.8, 4) is 0 Å². The first-order valence-corrected chi connectivity index (χ1v) is 8.52. The second kappa shape index (κ2) is 7.15. The molecule has 0 saturated carbocycles. The van der Waals surface area contributed by atoms with Gasteiger partial charge in [-0.3, -0.25) is 0 Å². The molecule has 0 aromatic heterocycles. The molecule has 20 heavy (non-hydrogen) atoms. The summed E-state index contributed by atoms with van der Waals surface area (Å²) in [6.07, 6.45) is 2.94. The average molecular weight is 314 g/mol. The van der Waals surface area contributed by atoms with Gasteiger partial charge in [-0.15, -0.1) is 0 Å². The zero-order valence-corrected chi connectivity index (χ0v) is 13.9. The van der Waals surface area contributed by atoms with E-state index >= 15 is 0 Å². The number of rotatable bonds is 7. The highest BCUT2D eigenvalue weighted by atomic mass is 32.2. The molecule has 6 heteroatoms. The van der Waals surface area contributed by atoms with Gasteiger partial charge in [-0.25, -0.2) is 12.7 Å². The minimum absolute atomic E-state index is 0.204. The molecule has 0 amide bonds. The summed E-state index contributed by atoms with van der Waals surface area (Å²) >= 11 is 4.91. The number of nitrogens with zero attached hydrogens (tertiary/aromatic N) is 1. The highest BCUT2D eigenvalue weighted by Crippen LogP contribution is 2.21. The number of unbranched alkanes of at least 4 members (excludes halogenated alkanes) is 2. The third kappa shape index (κ3) is 4.01. The second-order valence-electron chi connectivity index (χ2n) is 4.88. The molecular weight excluding hydrogens is 292 g/mol. The van der Waals surface area contributed by atoms with E-state index in [1.807, 2.05) is 0 Å². The van der Waals surface area contributed by atoms with Crippen LogP contribution in [-0.4, -0.2) is 31.3 Å². The Morgan fingerprint density at radius 1 is 1.35 bits per heavy atom. The number of sulfonamides is 1. The molecule has 1 rings (SSSR count). The van der Waals surface area contributed by atoms with E-state index in [0.717, 1.165) is 19.3 Å². The van der Waals surface area contributed by atoms with Crippen molar-refractivity contribution in [2.24, 2.45) is 5.73 Å². The maximum atomic E-state index is 12.6. The van der Waals surface area contributed by atoms with E-state index in [1.54, 1.807) is 32.2 Å². The Morgan fingerprint density at radius 2 is 2.00 bits per heavy atom. The summed E-state index contributed by atoms with van der Waals surface area (Å²) < 4.78 is 26.5. The fraction of sp³-hybridized carbons (Fsp3) is 0.500. The van der Waals surface area contributed by atoms with E-state index in [-0.39, 0.29) is 9.88 Å². The molecule has 0 aliphatic carbocycles. The van der Waals surface area contributed by atoms with Crippen molar-refractivity contribution in [1.82, 2.24) is 4.31 Å². The molecule has 0 spiro atoms. The molecule has 4 nitrogen and oxygen atoms in total. The van der Waals surface area contributed by atoms with Crippen LogP contribution in [-0.2, 0) is 10.0 Å². The number of nitrogens with two attached hydrogens (primary N) is 1. The fourth-order valence-corrected chi connectivity index (χ4v) is 3.49. The van der Waals surface area contributed by atoms with Gasteiger partial charge in [-0.05, 0) is 25.0 Å². The average Bonchev–Trinajstić information content (AvgIpc) is 2.38. The minimum Gasteiger partial charge on any atom is -0.389 e. The molecule has 0 bridgehead atoms. The lowest BCUT2D eigenvalue weighted by Crippen LogP contribution is -2.29. The van der Waals surface area contributed by atoms with Crippen LogP contribution in [0.15, 0.2) is 23.1 Å². The Labute approximate surface area is 127 Å². The normalized spacial score (nSPS) is 11.8. The molecule has 1 aromatic carbocycles. The molecular formula is C14H22N2O2S2. The van der Waals surface area contributed by atoms with Gasteiger partial charge < -0.3 is 5.73 Å². The van der Waals surface area contributed by atoms with Crippen molar-refractivity contribution >= 4 is 27.2 Å². The van der Waals surface area contributed by atoms with Gasteiger partial charge in [0.1, 0.15) is 4.99 Å². The topological polar surface area (TPSA) is 63.4 Å². The van der Waals surface area contributed by atoms with Gasteiger partial charge in [-0.2, -0.15) is 0 Å². The predicted octanol–water partition coefficient (Wildman–Crippen LogP) is 2.44. The molecule has 0 radical (unpaired) electrons. The molecule has 0 fully saturated rings. The quantitative estimate of drug-likeness (QED) is 0.620. The monoisotopic (exact) mass is 314 g/mol. The summed E-state index contributed by atoms with van der Waals surface area (Å²) in [5, 5.41) is 0. The van der Waals surface area contributed by atoms with Crippen molar-refractivity contribution < 1.29 is 8.42 Å². The van der Waals surface area contributed by atoms with Crippen LogP contribution in [0.5, 0.6) is 0 Å². The Kier molecular flexibility index (Phi) is 6.10. The zero-order chi connectivity index (χ0) is 15.3. The molecule has 0 unspecified atom stereocenters. The smallest absolute Gasteiger partial charge is 0.243 e. The minimum atomic E-state index is -3.49. The van der Waals surface area contributed by atoms with E-state index in [1.165, 1.54) is 4.31 Å². The lowest BCUT2D eigenvalue weighted by molar-refractivity contribution is 0.454. The number of thiocarbonyl (C=S) groups is 1. The van der Waals surface area contributed by atoms with Crippen LogP contribution in [0.3, 0.4) is 0 Å². The number of hydrogen-bond donors (Lipinski definition) is 1. The maximum absolute atomic E-state index is 12.6. The molecule has 0 atom stereocenters. The summed E-state index contributed by atoms with van der Waals surface area (Å²) in [4.78, 5) is 0.483. The van der Waals surface area contributed by atoms with Crippen molar-refractivity contribution in [1.29, 1.82) is 0 Å². The first-order valence-electron chi connectivity index (χ1n) is 6.67. The van der Waals surface area contributed by atoms with Gasteiger partial charge in [0.2, 0.25) is 10.0 Å². The van der Waals surface area contributed by atoms with Gasteiger partial charge >= 0.3 is 0 Å². The van der Waals surface area contributed by atoms with Gasteiger partial charge in [0.25, 0.3) is 0 Å². The highest BCUT2D eigenvalue weighted by molar-refractivity contribution is 7.89. The molecule has 112 valence electrons. The van der Waals surface area contributed by atoms with Crippen LogP contribution in [0.1, 0.15) is 37.3 Å². The van der Waals surface area contributed by atoms with E-state index < -0.39 is 10.0 Å². The summed E-state index contributed by atoms with van der Waals surface area (Å²) in [6.45, 7) is 4.38. The third-order valence-electron chi connectivity index (χ3n) is 3.24. The number of benzene rings is 1. The summed E-state index contributed by atoms with van der Waals surface area (Å²) in [6, 6.07) is 5.04. The molecule has 0 saturated heterocycles. The summed E-state index contributed by atoms with van der Waals surface area (Å²) in [5.74, 6) is 0. The van der Waals surface area contributed by atoms with E-state index in [0.29, 0.717) is 17.7 Å². The lowest BCUT2D eigenvalue weighted by atomic mass is 10.1. The van der Waals surface area contributed by atoms with Gasteiger partial charge in [-0.1, -0.05) is 44.1 Å². The largest absolute Gasteiger partial charge is 0.389 e. The molecule has 2 N–H and O–H groups in total. The summed E-state index contributed by atoms with van der Waals surface area (Å²) in [7, 11) is -1.88. The number of hydrogen-bond acceptors (Lipinski definition) is 3. The van der Waals surface area contributed by atoms with Crippen LogP contribution >= 0.6 is 12.2 Å². The second-order valence-corrected chi connectivity index (χ2v) is 7.33. The fourth-order valence-electron chi connectivity index (χ4n) is 1.90. The van der Waals surface area contributed by atoms with Crippen LogP contribution < -0.4 is 5.73 Å². The molecule has 0 aliphatic rings. The molecule has 0 aliphatic heterocycles. The standard InChI is InChI=1S/C14H22N2O2S2/c1-4-5-6-9-16(3)20(17,18)13-10-12(14(15)19)8-7-11(13)2/h7-8,10H,4-6,9H2,1-3H3,(H2,15,19). The SMILES string of the molecule is CCCCCN(C)S(=O)(=O)c1cc(C(N)=S)ccc1C. The van der Waals surface area contributed by atoms with E-state index in [2.05, 4.69) is 6.92 Å². The van der Waals surface area contributed by atoms with Gasteiger partial charge in [0.05, 0.1) is 4.90 Å². The van der Waals surface area contributed by atoms with Gasteiger partial charge in [0.15, 0.2) is 0 Å². The molecule has 1 aromatic rings. The first-order chi connectivity index (χ1) is 9.30. The van der Waals surface area contributed by atoms with E-state index in [9.17, 15) is 8.42 Å². The van der Waals surface area contributed by atoms with Gasteiger partial charge in [0, 0.05) is 19.2 Å².